The van der Waals surface area contributed by atoms with E-state index in [1.165, 1.54) is 37.4 Å². The normalized spacial score (nSPS) is 11.3. The van der Waals surface area contributed by atoms with Gasteiger partial charge in [-0.25, -0.2) is 13.8 Å². The summed E-state index contributed by atoms with van der Waals surface area (Å²) < 4.78 is 32.6. The lowest BCUT2D eigenvalue weighted by molar-refractivity contribution is -0.131. The number of hydrogen-bond donors (Lipinski definition) is 1. The van der Waals surface area contributed by atoms with Crippen LogP contribution >= 0.6 is 11.6 Å². The van der Waals surface area contributed by atoms with Gasteiger partial charge in [0.25, 0.3) is 15.9 Å². The summed E-state index contributed by atoms with van der Waals surface area (Å²) in [6.45, 7) is 2.65. The molecule has 1 amide bonds. The number of aryl methyl sites for hydroxylation is 1. The third kappa shape index (κ3) is 6.66. The smallest absolute Gasteiger partial charge is 0.308 e. The van der Waals surface area contributed by atoms with Gasteiger partial charge in [0, 0.05) is 11.9 Å². The fraction of sp³-hybridized carbons (Fsp3) is 0.125. The fourth-order valence-corrected chi connectivity index (χ4v) is 4.44. The summed E-state index contributed by atoms with van der Waals surface area (Å²) >= 11 is 5.94. The van der Waals surface area contributed by atoms with Crippen molar-refractivity contribution in [2.24, 2.45) is 5.10 Å². The molecule has 0 saturated heterocycles. The Bertz CT molecular complexity index is 1290. The molecule has 0 aliphatic heterocycles. The molecule has 0 heterocycles. The molecule has 0 aromatic heterocycles. The molecule has 0 spiro atoms. The molecule has 3 aromatic rings. The summed E-state index contributed by atoms with van der Waals surface area (Å²) in [6.07, 6.45) is 1.39. The van der Waals surface area contributed by atoms with Crippen LogP contribution in [-0.2, 0) is 19.6 Å². The van der Waals surface area contributed by atoms with E-state index in [1.54, 1.807) is 48.5 Å². The number of nitrogens with zero attached hydrogens (tertiary/aromatic N) is 2. The van der Waals surface area contributed by atoms with E-state index in [4.69, 9.17) is 16.3 Å². The SMILES string of the molecule is CC(=O)Oc1ccc(/C=N\NC(=O)CN(c2ccc(Cl)cc2)S(=O)(=O)c2ccc(C)cc2)cc1. The summed E-state index contributed by atoms with van der Waals surface area (Å²) in [5, 5.41) is 4.32. The number of hydrogen-bond acceptors (Lipinski definition) is 6. The van der Waals surface area contributed by atoms with Gasteiger partial charge in [-0.2, -0.15) is 5.10 Å². The lowest BCUT2D eigenvalue weighted by Crippen LogP contribution is -2.39. The highest BCUT2D eigenvalue weighted by Crippen LogP contribution is 2.25. The monoisotopic (exact) mass is 499 g/mol. The number of anilines is 1. The minimum absolute atomic E-state index is 0.0530. The first-order valence-corrected chi connectivity index (χ1v) is 11.9. The van der Waals surface area contributed by atoms with Crippen LogP contribution in [0.1, 0.15) is 18.1 Å². The van der Waals surface area contributed by atoms with Crippen molar-refractivity contribution in [2.45, 2.75) is 18.7 Å². The van der Waals surface area contributed by atoms with Gasteiger partial charge in [0.1, 0.15) is 12.3 Å². The van der Waals surface area contributed by atoms with Gasteiger partial charge in [-0.1, -0.05) is 29.3 Å². The number of carbonyl (C=O) groups is 2. The van der Waals surface area contributed by atoms with E-state index in [0.29, 0.717) is 16.3 Å². The van der Waals surface area contributed by atoms with Crippen molar-refractivity contribution in [2.75, 3.05) is 10.8 Å². The molecule has 0 fully saturated rings. The molecule has 0 aliphatic carbocycles. The molecule has 0 aliphatic rings. The number of benzene rings is 3. The predicted molar refractivity (Wildman–Crippen MR) is 131 cm³/mol. The molecule has 0 bridgehead atoms. The quantitative estimate of drug-likeness (QED) is 0.219. The Morgan fingerprint density at radius 2 is 1.62 bits per heavy atom. The van der Waals surface area contributed by atoms with Crippen LogP contribution in [0.2, 0.25) is 5.02 Å². The average molecular weight is 500 g/mol. The Labute approximate surface area is 202 Å². The number of amides is 1. The minimum atomic E-state index is -4.03. The molecule has 0 radical (unpaired) electrons. The zero-order valence-corrected chi connectivity index (χ0v) is 20.0. The molecular weight excluding hydrogens is 478 g/mol. The third-order valence-corrected chi connectivity index (χ3v) is 6.60. The molecule has 3 rings (SSSR count). The maximum Gasteiger partial charge on any atom is 0.308 e. The molecule has 176 valence electrons. The van der Waals surface area contributed by atoms with Crippen LogP contribution < -0.4 is 14.5 Å². The van der Waals surface area contributed by atoms with Crippen LogP contribution in [0, 0.1) is 6.92 Å². The van der Waals surface area contributed by atoms with Crippen molar-refractivity contribution < 1.29 is 22.7 Å². The van der Waals surface area contributed by atoms with Gasteiger partial charge in [-0.05, 0) is 73.2 Å². The summed E-state index contributed by atoms with van der Waals surface area (Å²) in [5.41, 5.74) is 4.16. The lowest BCUT2D eigenvalue weighted by Gasteiger charge is -2.23. The van der Waals surface area contributed by atoms with E-state index in [9.17, 15) is 18.0 Å². The number of hydrazone groups is 1. The Hall–Kier alpha value is -3.69. The number of nitrogens with one attached hydrogen (secondary N) is 1. The van der Waals surface area contributed by atoms with E-state index in [1.807, 2.05) is 6.92 Å². The zero-order chi connectivity index (χ0) is 24.7. The summed E-state index contributed by atoms with van der Waals surface area (Å²) in [4.78, 5) is 23.6. The summed E-state index contributed by atoms with van der Waals surface area (Å²) in [6, 6.07) is 19.0. The maximum absolute atomic E-state index is 13.3. The van der Waals surface area contributed by atoms with Crippen LogP contribution in [0.3, 0.4) is 0 Å². The van der Waals surface area contributed by atoms with E-state index in [0.717, 1.165) is 9.87 Å². The second kappa shape index (κ2) is 11.0. The van der Waals surface area contributed by atoms with Gasteiger partial charge in [0.2, 0.25) is 0 Å². The number of esters is 1. The van der Waals surface area contributed by atoms with Gasteiger partial charge >= 0.3 is 5.97 Å². The van der Waals surface area contributed by atoms with Gasteiger partial charge in [0.05, 0.1) is 16.8 Å². The first-order chi connectivity index (χ1) is 16.1. The maximum atomic E-state index is 13.3. The number of halogens is 1. The van der Waals surface area contributed by atoms with Crippen LogP contribution in [0.15, 0.2) is 82.8 Å². The third-order valence-electron chi connectivity index (χ3n) is 4.56. The average Bonchev–Trinajstić information content (AvgIpc) is 2.79. The van der Waals surface area contributed by atoms with E-state index in [-0.39, 0.29) is 10.6 Å². The van der Waals surface area contributed by atoms with E-state index < -0.39 is 28.4 Å². The van der Waals surface area contributed by atoms with Crippen molar-refractivity contribution in [3.63, 3.8) is 0 Å². The predicted octanol–water partition coefficient (Wildman–Crippen LogP) is 3.92. The number of sulfonamides is 1. The van der Waals surface area contributed by atoms with Gasteiger partial charge < -0.3 is 4.74 Å². The largest absolute Gasteiger partial charge is 0.427 e. The highest BCUT2D eigenvalue weighted by atomic mass is 35.5. The molecule has 3 aromatic carbocycles. The van der Waals surface area contributed by atoms with Crippen LogP contribution in [-0.4, -0.2) is 33.1 Å². The Kier molecular flexibility index (Phi) is 8.04. The minimum Gasteiger partial charge on any atom is -0.427 e. The first kappa shape index (κ1) is 24.9. The highest BCUT2D eigenvalue weighted by molar-refractivity contribution is 7.92. The molecule has 10 heteroatoms. The second-order valence-electron chi connectivity index (χ2n) is 7.26. The number of ether oxygens (including phenoxy) is 1. The van der Waals surface area contributed by atoms with Crippen molar-refractivity contribution >= 4 is 45.4 Å². The summed E-state index contributed by atoms with van der Waals surface area (Å²) in [5.74, 6) is -0.688. The number of carbonyl (C=O) groups excluding carboxylic acids is 2. The van der Waals surface area contributed by atoms with E-state index in [2.05, 4.69) is 10.5 Å². The van der Waals surface area contributed by atoms with Crippen LogP contribution in [0.4, 0.5) is 5.69 Å². The number of rotatable bonds is 8. The van der Waals surface area contributed by atoms with Crippen molar-refractivity contribution in [1.29, 1.82) is 0 Å². The zero-order valence-electron chi connectivity index (χ0n) is 18.4. The highest BCUT2D eigenvalue weighted by Gasteiger charge is 2.27. The van der Waals surface area contributed by atoms with Gasteiger partial charge in [-0.15, -0.1) is 0 Å². The van der Waals surface area contributed by atoms with Crippen molar-refractivity contribution in [3.8, 4) is 5.75 Å². The second-order valence-corrected chi connectivity index (χ2v) is 9.56. The van der Waals surface area contributed by atoms with E-state index >= 15 is 0 Å². The summed E-state index contributed by atoms with van der Waals surface area (Å²) in [7, 11) is -4.03. The molecule has 8 nitrogen and oxygen atoms in total. The molecule has 0 saturated carbocycles. The molecule has 1 N–H and O–H groups in total. The lowest BCUT2D eigenvalue weighted by atomic mass is 10.2. The van der Waals surface area contributed by atoms with Crippen molar-refractivity contribution in [3.05, 3.63) is 88.9 Å². The Morgan fingerprint density at radius 3 is 2.21 bits per heavy atom. The molecule has 0 unspecified atom stereocenters. The Morgan fingerprint density at radius 1 is 1.00 bits per heavy atom. The Balaban J connectivity index is 1.76. The van der Waals surface area contributed by atoms with Gasteiger partial charge in [-0.3, -0.25) is 13.9 Å². The standard InChI is InChI=1S/C24H22ClN3O5S/c1-17-3-13-23(14-4-17)34(31,32)28(21-9-7-20(25)8-10-21)16-24(30)27-26-15-19-5-11-22(12-6-19)33-18(2)29/h3-15H,16H2,1-2H3,(H,27,30)/b26-15-. The van der Waals surface area contributed by atoms with Crippen molar-refractivity contribution in [1.82, 2.24) is 5.43 Å². The van der Waals surface area contributed by atoms with Crippen LogP contribution in [0.25, 0.3) is 0 Å². The fourth-order valence-electron chi connectivity index (χ4n) is 2.89. The van der Waals surface area contributed by atoms with Gasteiger partial charge in [0.15, 0.2) is 0 Å². The molecular formula is C24H22ClN3O5S. The first-order valence-electron chi connectivity index (χ1n) is 10.1. The topological polar surface area (TPSA) is 105 Å². The molecule has 34 heavy (non-hydrogen) atoms. The van der Waals surface area contributed by atoms with Crippen LogP contribution in [0.5, 0.6) is 5.75 Å². The molecule has 0 atom stereocenters.